The first-order valence-corrected chi connectivity index (χ1v) is 7.50. The zero-order valence-corrected chi connectivity index (χ0v) is 13.2. The maximum Gasteiger partial charge on any atom is 0.238 e. The van der Waals surface area contributed by atoms with E-state index in [-0.39, 0.29) is 18.3 Å². The van der Waals surface area contributed by atoms with Crippen LogP contribution < -0.4 is 10.6 Å². The molecule has 0 bridgehead atoms. The molecule has 0 radical (unpaired) electrons. The Balaban J connectivity index is 0.00000161. The molecule has 0 atom stereocenters. The molecule has 1 amide bonds. The SMILES string of the molecule is Cl.O=C(CN1CCCNCC1)Nc1cccc2c1N=S=N2. The van der Waals surface area contributed by atoms with Crippen molar-refractivity contribution in [2.45, 2.75) is 6.42 Å². The van der Waals surface area contributed by atoms with E-state index in [9.17, 15) is 4.79 Å². The van der Waals surface area contributed by atoms with E-state index in [0.29, 0.717) is 6.54 Å². The summed E-state index contributed by atoms with van der Waals surface area (Å²) in [4.78, 5) is 14.3. The van der Waals surface area contributed by atoms with Crippen molar-refractivity contribution < 1.29 is 4.79 Å². The average molecular weight is 328 g/mol. The predicted octanol–water partition coefficient (Wildman–Crippen LogP) is 2.07. The highest BCUT2D eigenvalue weighted by molar-refractivity contribution is 7.58. The minimum Gasteiger partial charge on any atom is -0.323 e. The molecule has 3 rings (SSSR count). The molecule has 0 unspecified atom stereocenters. The number of nitrogens with one attached hydrogen (secondary N) is 2. The molecule has 6 nitrogen and oxygen atoms in total. The Bertz CT molecular complexity index is 580. The second-order valence-corrected chi connectivity index (χ2v) is 5.39. The van der Waals surface area contributed by atoms with Gasteiger partial charge >= 0.3 is 0 Å². The number of anilines is 1. The summed E-state index contributed by atoms with van der Waals surface area (Å²) in [6, 6.07) is 5.65. The van der Waals surface area contributed by atoms with Gasteiger partial charge < -0.3 is 10.6 Å². The Labute approximate surface area is 133 Å². The summed E-state index contributed by atoms with van der Waals surface area (Å²) in [6.07, 6.45) is 1.08. The molecule has 2 aliphatic rings. The van der Waals surface area contributed by atoms with Crippen LogP contribution in [0, 0.1) is 0 Å². The first-order valence-electron chi connectivity index (χ1n) is 6.77. The van der Waals surface area contributed by atoms with Gasteiger partial charge in [0, 0.05) is 13.1 Å². The highest BCUT2D eigenvalue weighted by Gasteiger charge is 2.16. The van der Waals surface area contributed by atoms with Gasteiger partial charge in [-0.1, -0.05) is 6.07 Å². The van der Waals surface area contributed by atoms with E-state index in [1.165, 1.54) is 0 Å². The van der Waals surface area contributed by atoms with Gasteiger partial charge in [0.25, 0.3) is 0 Å². The number of halogens is 1. The molecule has 2 aliphatic heterocycles. The van der Waals surface area contributed by atoms with Gasteiger partial charge in [-0.25, -0.2) is 0 Å². The monoisotopic (exact) mass is 327 g/mol. The summed E-state index contributed by atoms with van der Waals surface area (Å²) in [5.74, 6) is 0.00685. The third kappa shape index (κ3) is 4.10. The van der Waals surface area contributed by atoms with Gasteiger partial charge in [0.15, 0.2) is 0 Å². The molecule has 2 heterocycles. The molecule has 0 spiro atoms. The van der Waals surface area contributed by atoms with Gasteiger partial charge in [0.1, 0.15) is 11.4 Å². The molecular formula is C13H18ClN5OS. The van der Waals surface area contributed by atoms with Crippen LogP contribution in [0.5, 0.6) is 0 Å². The fraction of sp³-hybridized carbons (Fsp3) is 0.462. The van der Waals surface area contributed by atoms with E-state index >= 15 is 0 Å². The number of nitrogens with zero attached hydrogens (tertiary/aromatic N) is 3. The van der Waals surface area contributed by atoms with Crippen LogP contribution in [0.15, 0.2) is 26.9 Å². The number of hydrogen-bond acceptors (Lipinski definition) is 5. The summed E-state index contributed by atoms with van der Waals surface area (Å²) in [5.41, 5.74) is 2.34. The molecule has 1 aromatic rings. The minimum absolute atomic E-state index is 0. The van der Waals surface area contributed by atoms with Crippen molar-refractivity contribution in [3.8, 4) is 0 Å². The topological polar surface area (TPSA) is 69.1 Å². The van der Waals surface area contributed by atoms with Gasteiger partial charge in [-0.2, -0.15) is 8.73 Å². The lowest BCUT2D eigenvalue weighted by molar-refractivity contribution is -0.117. The van der Waals surface area contributed by atoms with Crippen molar-refractivity contribution >= 4 is 46.7 Å². The maximum absolute atomic E-state index is 12.1. The van der Waals surface area contributed by atoms with Gasteiger partial charge in [0.05, 0.1) is 23.6 Å². The third-order valence-corrected chi connectivity index (χ3v) is 3.90. The Morgan fingerprint density at radius 1 is 1.33 bits per heavy atom. The van der Waals surface area contributed by atoms with E-state index in [2.05, 4.69) is 24.3 Å². The van der Waals surface area contributed by atoms with Crippen LogP contribution in [0.25, 0.3) is 0 Å². The number of fused-ring (bicyclic) bond motifs is 1. The second-order valence-electron chi connectivity index (χ2n) is 4.87. The number of hydrogen-bond donors (Lipinski definition) is 2. The van der Waals surface area contributed by atoms with Crippen molar-refractivity contribution in [3.05, 3.63) is 18.2 Å². The molecule has 114 valence electrons. The lowest BCUT2D eigenvalue weighted by Crippen LogP contribution is -2.35. The predicted molar refractivity (Wildman–Crippen MR) is 87.8 cm³/mol. The Morgan fingerprint density at radius 2 is 2.24 bits per heavy atom. The smallest absolute Gasteiger partial charge is 0.238 e. The van der Waals surface area contributed by atoms with Gasteiger partial charge in [-0.3, -0.25) is 9.69 Å². The molecule has 0 aliphatic carbocycles. The normalized spacial score (nSPS) is 17.3. The molecule has 21 heavy (non-hydrogen) atoms. The van der Waals surface area contributed by atoms with E-state index in [1.807, 2.05) is 18.2 Å². The summed E-state index contributed by atoms with van der Waals surface area (Å²) >= 11 is 1.16. The van der Waals surface area contributed by atoms with E-state index < -0.39 is 0 Å². The quantitative estimate of drug-likeness (QED) is 0.906. The van der Waals surface area contributed by atoms with E-state index in [1.54, 1.807) is 0 Å². The first-order chi connectivity index (χ1) is 9.83. The molecular weight excluding hydrogens is 310 g/mol. The largest absolute Gasteiger partial charge is 0.323 e. The van der Waals surface area contributed by atoms with Crippen LogP contribution in [-0.4, -0.2) is 43.5 Å². The number of rotatable bonds is 3. The maximum atomic E-state index is 12.1. The molecule has 1 fully saturated rings. The molecule has 0 saturated carbocycles. The van der Waals surface area contributed by atoms with Gasteiger partial charge in [-0.15, -0.1) is 12.4 Å². The zero-order chi connectivity index (χ0) is 13.8. The highest BCUT2D eigenvalue weighted by Crippen LogP contribution is 2.38. The van der Waals surface area contributed by atoms with Crippen LogP contribution in [0.4, 0.5) is 17.1 Å². The number of carbonyl (C=O) groups excluding carboxylic acids is 1. The standard InChI is InChI=1S/C13H17N5OS.ClH/c19-12(9-18-7-2-5-14-6-8-18)15-10-3-1-4-11-13(10)17-20-16-11;/h1,3-4,14H,2,5-9H2,(H,15,19);1H. The van der Waals surface area contributed by atoms with Crippen molar-refractivity contribution in [2.75, 3.05) is 38.0 Å². The van der Waals surface area contributed by atoms with E-state index in [0.717, 1.165) is 61.0 Å². The van der Waals surface area contributed by atoms with E-state index in [4.69, 9.17) is 0 Å². The molecule has 1 saturated heterocycles. The summed E-state index contributed by atoms with van der Waals surface area (Å²) in [5, 5.41) is 6.27. The average Bonchev–Trinajstić information content (AvgIpc) is 2.78. The Hall–Kier alpha value is -1.28. The lowest BCUT2D eigenvalue weighted by Gasteiger charge is -2.18. The summed E-state index contributed by atoms with van der Waals surface area (Å²) < 4.78 is 8.40. The Morgan fingerprint density at radius 3 is 3.14 bits per heavy atom. The van der Waals surface area contributed by atoms with Crippen LogP contribution in [0.1, 0.15) is 6.42 Å². The number of benzene rings is 1. The first kappa shape index (κ1) is 16.1. The van der Waals surface area contributed by atoms with Crippen molar-refractivity contribution in [2.24, 2.45) is 8.73 Å². The van der Waals surface area contributed by atoms with Gasteiger partial charge in [0.2, 0.25) is 5.91 Å². The van der Waals surface area contributed by atoms with Crippen molar-refractivity contribution in [3.63, 3.8) is 0 Å². The Kier molecular flexibility index (Phi) is 5.86. The number of carbonyl (C=O) groups is 1. The molecule has 2 N–H and O–H groups in total. The van der Waals surface area contributed by atoms with Crippen LogP contribution in [0.3, 0.4) is 0 Å². The number of amides is 1. The molecule has 0 aromatic heterocycles. The molecule has 1 aromatic carbocycles. The van der Waals surface area contributed by atoms with Gasteiger partial charge in [-0.05, 0) is 31.6 Å². The van der Waals surface area contributed by atoms with Crippen molar-refractivity contribution in [1.82, 2.24) is 10.2 Å². The summed E-state index contributed by atoms with van der Waals surface area (Å²) in [6.45, 7) is 4.27. The highest BCUT2D eigenvalue weighted by atomic mass is 35.5. The second kappa shape index (κ2) is 7.65. The fourth-order valence-corrected chi connectivity index (χ4v) is 2.91. The van der Waals surface area contributed by atoms with Crippen molar-refractivity contribution in [1.29, 1.82) is 0 Å². The summed E-state index contributed by atoms with van der Waals surface area (Å²) in [7, 11) is 0. The van der Waals surface area contributed by atoms with Crippen LogP contribution >= 0.6 is 12.4 Å². The minimum atomic E-state index is 0. The lowest BCUT2D eigenvalue weighted by atomic mass is 10.2. The third-order valence-electron chi connectivity index (χ3n) is 3.36. The van der Waals surface area contributed by atoms with Crippen LogP contribution in [0.2, 0.25) is 0 Å². The van der Waals surface area contributed by atoms with Crippen LogP contribution in [-0.2, 0) is 16.1 Å². The fourth-order valence-electron chi connectivity index (χ4n) is 2.36. The molecule has 8 heteroatoms. The zero-order valence-electron chi connectivity index (χ0n) is 11.5.